The Labute approximate surface area is 151 Å². The van der Waals surface area contributed by atoms with E-state index in [1.165, 1.54) is 16.4 Å². The van der Waals surface area contributed by atoms with Crippen molar-refractivity contribution in [3.63, 3.8) is 0 Å². The number of benzene rings is 2. The largest absolute Gasteiger partial charge is 0.193 e. The molecule has 0 radical (unpaired) electrons. The average molecular weight is 355 g/mol. The van der Waals surface area contributed by atoms with E-state index < -0.39 is 0 Å². The van der Waals surface area contributed by atoms with Gasteiger partial charge in [-0.15, -0.1) is 8.93 Å². The van der Waals surface area contributed by atoms with E-state index in [9.17, 15) is 0 Å². The van der Waals surface area contributed by atoms with E-state index in [0.29, 0.717) is 0 Å². The zero-order valence-corrected chi connectivity index (χ0v) is 17.1. The molecule has 2 aromatic carbocycles. The van der Waals surface area contributed by atoms with Crippen molar-refractivity contribution in [2.24, 2.45) is 0 Å². The molecule has 0 saturated carbocycles. The van der Waals surface area contributed by atoms with Gasteiger partial charge in [-0.05, 0) is 38.6 Å². The number of aryl methyl sites for hydroxylation is 1. The van der Waals surface area contributed by atoms with Crippen molar-refractivity contribution >= 4 is 22.5 Å². The van der Waals surface area contributed by atoms with Crippen molar-refractivity contribution in [1.29, 1.82) is 5.26 Å². The monoisotopic (exact) mass is 355 g/mol. The molecule has 2 rings (SSSR count). The van der Waals surface area contributed by atoms with Crippen molar-refractivity contribution in [3.05, 3.63) is 89.5 Å². The van der Waals surface area contributed by atoms with Gasteiger partial charge >= 0.3 is 0 Å². The van der Waals surface area contributed by atoms with E-state index in [0.717, 1.165) is 13.8 Å². The number of hydrogen-bond donors (Lipinski definition) is 0. The summed E-state index contributed by atoms with van der Waals surface area (Å²) in [5, 5.41) is 9.43. The summed E-state index contributed by atoms with van der Waals surface area (Å²) in [4.78, 5) is 0. The summed E-state index contributed by atoms with van der Waals surface area (Å²) in [6.45, 7) is 7.79. The topological polar surface area (TPSA) is 23.8 Å². The highest BCUT2D eigenvalue weighted by atomic mass is 32.0. The second-order valence-electron chi connectivity index (χ2n) is 4.95. The van der Waals surface area contributed by atoms with E-state index in [-0.39, 0.29) is 0 Å². The first-order valence-corrected chi connectivity index (χ1v) is 10.6. The standard InChI is InChI=1S/C9H12P2.C7H8.C5H7N/c1-2-9(11-10)8-6-4-3-5-7-8;1-7-5-3-2-4-6-7;1-3-5(2)4-6/h2-7,11H,10H2,1H3;2-6H,1H3;3H,1-2H3/b9-2-;;5-3-. The van der Waals surface area contributed by atoms with Crippen LogP contribution in [-0.2, 0) is 0 Å². The van der Waals surface area contributed by atoms with Crippen LogP contribution in [-0.4, -0.2) is 0 Å². The van der Waals surface area contributed by atoms with E-state index >= 15 is 0 Å². The molecule has 0 aliphatic carbocycles. The number of nitrogens with zero attached hydrogens (tertiary/aromatic N) is 1. The highest BCUT2D eigenvalue weighted by molar-refractivity contribution is 8.08. The first-order chi connectivity index (χ1) is 11.6. The summed E-state index contributed by atoms with van der Waals surface area (Å²) in [5.41, 5.74) is 3.43. The molecule has 3 heteroatoms. The van der Waals surface area contributed by atoms with Gasteiger partial charge in [0.2, 0.25) is 0 Å². The molecule has 0 amide bonds. The van der Waals surface area contributed by atoms with Gasteiger partial charge in [0, 0.05) is 5.57 Å². The van der Waals surface area contributed by atoms with Gasteiger partial charge in [0.1, 0.15) is 0 Å². The van der Waals surface area contributed by atoms with Crippen LogP contribution in [0.1, 0.15) is 31.9 Å². The van der Waals surface area contributed by atoms with Crippen LogP contribution in [0, 0.1) is 18.3 Å². The van der Waals surface area contributed by atoms with Crippen LogP contribution in [0.3, 0.4) is 0 Å². The Balaban J connectivity index is 0.000000353. The maximum absolute atomic E-state index is 8.02. The number of allylic oxidation sites excluding steroid dienone is 3. The number of rotatable bonds is 2. The van der Waals surface area contributed by atoms with Gasteiger partial charge in [-0.1, -0.05) is 86.6 Å². The lowest BCUT2D eigenvalue weighted by Crippen LogP contribution is -1.73. The molecule has 1 nitrogen and oxygen atoms in total. The van der Waals surface area contributed by atoms with Crippen molar-refractivity contribution in [3.8, 4) is 6.07 Å². The van der Waals surface area contributed by atoms with Gasteiger partial charge < -0.3 is 0 Å². The molecule has 0 heterocycles. The Hall–Kier alpha value is -1.73. The predicted octanol–water partition coefficient (Wildman–Crippen LogP) is 6.99. The molecule has 0 spiro atoms. The minimum Gasteiger partial charge on any atom is -0.193 e. The fourth-order valence-electron chi connectivity index (χ4n) is 1.55. The van der Waals surface area contributed by atoms with Crippen LogP contribution >= 0.6 is 17.2 Å². The van der Waals surface area contributed by atoms with Gasteiger partial charge in [-0.2, -0.15) is 5.26 Å². The lowest BCUT2D eigenvalue weighted by molar-refractivity contribution is 1.42. The summed E-state index contributed by atoms with van der Waals surface area (Å²) >= 11 is 0. The van der Waals surface area contributed by atoms with Crippen LogP contribution in [0.5, 0.6) is 0 Å². The zero-order chi connectivity index (χ0) is 18.2. The SMILES string of the molecule is C/C=C(/C)C#N.C/C=C(\PP)c1ccccc1.Cc1ccccc1. The molecule has 0 aliphatic heterocycles. The number of nitriles is 1. The fourth-order valence-corrected chi connectivity index (χ4v) is 3.05. The highest BCUT2D eigenvalue weighted by Crippen LogP contribution is 2.38. The van der Waals surface area contributed by atoms with Crippen LogP contribution in [0.15, 0.2) is 78.4 Å². The Morgan fingerprint density at radius 1 is 0.958 bits per heavy atom. The second-order valence-corrected chi connectivity index (χ2v) is 6.64. The van der Waals surface area contributed by atoms with Crippen molar-refractivity contribution in [2.75, 3.05) is 0 Å². The van der Waals surface area contributed by atoms with Crippen LogP contribution in [0.25, 0.3) is 5.31 Å². The molecule has 0 fully saturated rings. The molecule has 2 aromatic rings. The Kier molecular flexibility index (Phi) is 13.8. The molecule has 2 atom stereocenters. The predicted molar refractivity (Wildman–Crippen MR) is 114 cm³/mol. The summed E-state index contributed by atoms with van der Waals surface area (Å²) in [5.74, 6) is 0. The molecule has 0 aliphatic rings. The summed E-state index contributed by atoms with van der Waals surface area (Å²) in [7, 11) is 3.58. The summed E-state index contributed by atoms with van der Waals surface area (Å²) < 4.78 is 0. The molecular formula is C21H27NP2. The summed E-state index contributed by atoms with van der Waals surface area (Å²) in [6.07, 6.45) is 3.95. The number of hydrogen-bond acceptors (Lipinski definition) is 1. The molecule has 0 saturated heterocycles. The van der Waals surface area contributed by atoms with Crippen LogP contribution in [0.4, 0.5) is 0 Å². The zero-order valence-electron chi connectivity index (χ0n) is 15.0. The normalized spacial score (nSPS) is 11.0. The first kappa shape index (κ1) is 22.3. The average Bonchev–Trinajstić information content (AvgIpc) is 2.64. The van der Waals surface area contributed by atoms with E-state index in [1.807, 2.05) is 37.3 Å². The minimum absolute atomic E-state index is 0.773. The molecule has 2 unspecified atom stereocenters. The van der Waals surface area contributed by atoms with E-state index in [2.05, 4.69) is 65.3 Å². The molecule has 0 bridgehead atoms. The molecule has 0 N–H and O–H groups in total. The van der Waals surface area contributed by atoms with Crippen molar-refractivity contribution in [1.82, 2.24) is 0 Å². The maximum atomic E-state index is 8.02. The smallest absolute Gasteiger partial charge is 0.0940 e. The minimum atomic E-state index is 0.773. The molecule has 126 valence electrons. The maximum Gasteiger partial charge on any atom is 0.0940 e. The van der Waals surface area contributed by atoms with Crippen LogP contribution < -0.4 is 0 Å². The van der Waals surface area contributed by atoms with Gasteiger partial charge in [-0.3, -0.25) is 0 Å². The van der Waals surface area contributed by atoms with Gasteiger partial charge in [0.25, 0.3) is 0 Å². The Morgan fingerprint density at radius 2 is 1.46 bits per heavy atom. The fraction of sp³-hybridized carbons (Fsp3) is 0.190. The van der Waals surface area contributed by atoms with E-state index in [4.69, 9.17) is 5.26 Å². The lowest BCUT2D eigenvalue weighted by Gasteiger charge is -2.01. The quantitative estimate of drug-likeness (QED) is 0.421. The van der Waals surface area contributed by atoms with E-state index in [1.54, 1.807) is 13.0 Å². The Morgan fingerprint density at radius 3 is 1.71 bits per heavy atom. The van der Waals surface area contributed by atoms with Gasteiger partial charge in [-0.25, -0.2) is 0 Å². The first-order valence-electron chi connectivity index (χ1n) is 7.82. The second kappa shape index (κ2) is 14.8. The van der Waals surface area contributed by atoms with Gasteiger partial charge in [0.15, 0.2) is 0 Å². The summed E-state index contributed by atoms with van der Waals surface area (Å²) in [6, 6.07) is 22.7. The third kappa shape index (κ3) is 10.9. The molecule has 24 heavy (non-hydrogen) atoms. The third-order valence-electron chi connectivity index (χ3n) is 3.08. The van der Waals surface area contributed by atoms with Crippen molar-refractivity contribution in [2.45, 2.75) is 27.7 Å². The van der Waals surface area contributed by atoms with Crippen LogP contribution in [0.2, 0.25) is 0 Å². The Bertz CT molecular complexity index is 653. The third-order valence-corrected chi connectivity index (χ3v) is 4.90. The molecule has 0 aromatic heterocycles. The van der Waals surface area contributed by atoms with Crippen molar-refractivity contribution < 1.29 is 0 Å². The lowest BCUT2D eigenvalue weighted by atomic mass is 10.2. The van der Waals surface area contributed by atoms with Gasteiger partial charge in [0.05, 0.1) is 6.07 Å². The molecular weight excluding hydrogens is 328 g/mol. The highest BCUT2D eigenvalue weighted by Gasteiger charge is 1.94.